The van der Waals surface area contributed by atoms with Crippen LogP contribution in [0.15, 0.2) is 36.8 Å². The third kappa shape index (κ3) is 2.39. The minimum atomic E-state index is -4.41. The SMILES string of the molecule is Nc1ncnc2c1cnn2Cc1ccccc1C(F)(F)F. The highest BCUT2D eigenvalue weighted by Crippen LogP contribution is 2.32. The van der Waals surface area contributed by atoms with Crippen molar-refractivity contribution in [2.75, 3.05) is 5.73 Å². The summed E-state index contributed by atoms with van der Waals surface area (Å²) in [5, 5.41) is 4.56. The van der Waals surface area contributed by atoms with Crippen LogP contribution in [0.3, 0.4) is 0 Å². The number of hydrogen-bond acceptors (Lipinski definition) is 4. The predicted octanol–water partition coefficient (Wildman–Crippen LogP) is 2.48. The van der Waals surface area contributed by atoms with Crippen molar-refractivity contribution in [3.63, 3.8) is 0 Å². The number of benzene rings is 1. The van der Waals surface area contributed by atoms with Crippen LogP contribution in [0.1, 0.15) is 11.1 Å². The molecule has 1 aromatic carbocycles. The minimum Gasteiger partial charge on any atom is -0.383 e. The lowest BCUT2D eigenvalue weighted by Crippen LogP contribution is -2.12. The fraction of sp³-hybridized carbons (Fsp3) is 0.154. The highest BCUT2D eigenvalue weighted by Gasteiger charge is 2.33. The molecule has 0 atom stereocenters. The Hall–Kier alpha value is -2.64. The first kappa shape index (κ1) is 13.3. The molecular formula is C13H10F3N5. The van der Waals surface area contributed by atoms with Gasteiger partial charge >= 0.3 is 6.18 Å². The topological polar surface area (TPSA) is 69.6 Å². The normalized spacial score (nSPS) is 12.0. The number of nitrogens with two attached hydrogens (primary N) is 1. The van der Waals surface area contributed by atoms with E-state index in [0.29, 0.717) is 11.0 Å². The molecule has 5 nitrogen and oxygen atoms in total. The van der Waals surface area contributed by atoms with Gasteiger partial charge in [0, 0.05) is 0 Å². The van der Waals surface area contributed by atoms with Gasteiger partial charge in [-0.1, -0.05) is 18.2 Å². The van der Waals surface area contributed by atoms with Crippen molar-refractivity contribution in [3.8, 4) is 0 Å². The van der Waals surface area contributed by atoms with E-state index in [2.05, 4.69) is 15.1 Å². The average Bonchev–Trinajstić information content (AvgIpc) is 2.83. The minimum absolute atomic E-state index is 0.0460. The molecule has 0 aliphatic rings. The summed E-state index contributed by atoms with van der Waals surface area (Å²) < 4.78 is 40.3. The first-order chi connectivity index (χ1) is 9.97. The Balaban J connectivity index is 2.06. The van der Waals surface area contributed by atoms with Crippen LogP contribution < -0.4 is 5.73 Å². The van der Waals surface area contributed by atoms with Crippen LogP contribution in [0.5, 0.6) is 0 Å². The van der Waals surface area contributed by atoms with Gasteiger partial charge < -0.3 is 5.73 Å². The monoisotopic (exact) mass is 293 g/mol. The van der Waals surface area contributed by atoms with Crippen LogP contribution in [0.25, 0.3) is 11.0 Å². The first-order valence-corrected chi connectivity index (χ1v) is 6.04. The van der Waals surface area contributed by atoms with Crippen LogP contribution in [-0.2, 0) is 12.7 Å². The van der Waals surface area contributed by atoms with Gasteiger partial charge in [0.15, 0.2) is 5.65 Å². The zero-order chi connectivity index (χ0) is 15.0. The summed E-state index contributed by atoms with van der Waals surface area (Å²) in [5.41, 5.74) is 5.51. The molecule has 2 N–H and O–H groups in total. The highest BCUT2D eigenvalue weighted by molar-refractivity contribution is 5.84. The van der Waals surface area contributed by atoms with Gasteiger partial charge in [0.05, 0.1) is 23.7 Å². The summed E-state index contributed by atoms with van der Waals surface area (Å²) in [6.45, 7) is -0.0460. The second kappa shape index (κ2) is 4.72. The summed E-state index contributed by atoms with van der Waals surface area (Å²) in [5.74, 6) is 0.246. The van der Waals surface area contributed by atoms with Gasteiger partial charge in [0.25, 0.3) is 0 Å². The van der Waals surface area contributed by atoms with Gasteiger partial charge in [-0.05, 0) is 11.6 Å². The quantitative estimate of drug-likeness (QED) is 0.788. The molecule has 108 valence electrons. The van der Waals surface area contributed by atoms with Crippen LogP contribution in [0.2, 0.25) is 0 Å². The first-order valence-electron chi connectivity index (χ1n) is 6.04. The second-order valence-corrected chi connectivity index (χ2v) is 4.45. The molecule has 2 aromatic heterocycles. The van der Waals surface area contributed by atoms with Gasteiger partial charge in [-0.25, -0.2) is 14.6 Å². The van der Waals surface area contributed by atoms with Crippen molar-refractivity contribution in [2.45, 2.75) is 12.7 Å². The number of halogens is 3. The van der Waals surface area contributed by atoms with Crippen LogP contribution >= 0.6 is 0 Å². The van der Waals surface area contributed by atoms with E-state index in [9.17, 15) is 13.2 Å². The Morgan fingerprint density at radius 2 is 1.90 bits per heavy atom. The Bertz CT molecular complexity index is 794. The fourth-order valence-corrected chi connectivity index (χ4v) is 2.12. The molecule has 3 rings (SSSR count). The van der Waals surface area contributed by atoms with Gasteiger partial charge in [-0.3, -0.25) is 0 Å². The summed E-state index contributed by atoms with van der Waals surface area (Å²) in [4.78, 5) is 7.84. The lowest BCUT2D eigenvalue weighted by atomic mass is 10.1. The number of rotatable bonds is 2. The molecule has 0 spiro atoms. The number of hydrogen-bond donors (Lipinski definition) is 1. The van der Waals surface area contributed by atoms with Gasteiger partial charge in [-0.15, -0.1) is 0 Å². The van der Waals surface area contributed by atoms with Crippen molar-refractivity contribution >= 4 is 16.9 Å². The molecule has 0 fully saturated rings. The summed E-state index contributed by atoms with van der Waals surface area (Å²) >= 11 is 0. The molecular weight excluding hydrogens is 283 g/mol. The van der Waals surface area contributed by atoms with Crippen LogP contribution in [-0.4, -0.2) is 19.7 Å². The van der Waals surface area contributed by atoms with E-state index in [0.717, 1.165) is 6.07 Å². The van der Waals surface area contributed by atoms with E-state index in [-0.39, 0.29) is 17.9 Å². The molecule has 0 bridgehead atoms. The molecule has 0 radical (unpaired) electrons. The standard InChI is InChI=1S/C13H10F3N5/c14-13(15,16)10-4-2-1-3-8(10)6-21-12-9(5-20-21)11(17)18-7-19-12/h1-5,7H,6H2,(H2,17,18,19). The van der Waals surface area contributed by atoms with Crippen molar-refractivity contribution in [2.24, 2.45) is 0 Å². The molecule has 0 saturated heterocycles. The number of nitrogens with zero attached hydrogens (tertiary/aromatic N) is 4. The van der Waals surface area contributed by atoms with Crippen LogP contribution in [0, 0.1) is 0 Å². The molecule has 0 unspecified atom stereocenters. The molecule has 2 heterocycles. The maximum Gasteiger partial charge on any atom is 0.416 e. The van der Waals surface area contributed by atoms with E-state index < -0.39 is 11.7 Å². The Morgan fingerprint density at radius 3 is 2.67 bits per heavy atom. The van der Waals surface area contributed by atoms with E-state index in [1.165, 1.54) is 29.3 Å². The van der Waals surface area contributed by atoms with Crippen molar-refractivity contribution in [1.29, 1.82) is 0 Å². The second-order valence-electron chi connectivity index (χ2n) is 4.45. The predicted molar refractivity (Wildman–Crippen MR) is 70.3 cm³/mol. The molecule has 0 aliphatic heterocycles. The van der Waals surface area contributed by atoms with Crippen LogP contribution in [0.4, 0.5) is 19.0 Å². The van der Waals surface area contributed by atoms with Crippen molar-refractivity contribution < 1.29 is 13.2 Å². The van der Waals surface area contributed by atoms with Gasteiger partial charge in [0.1, 0.15) is 12.1 Å². The number of alkyl halides is 3. The zero-order valence-electron chi connectivity index (χ0n) is 10.7. The third-order valence-corrected chi connectivity index (χ3v) is 3.11. The lowest BCUT2D eigenvalue weighted by Gasteiger charge is -2.12. The maximum atomic E-state index is 13.0. The van der Waals surface area contributed by atoms with E-state index in [1.807, 2.05) is 0 Å². The summed E-state index contributed by atoms with van der Waals surface area (Å²) in [6.07, 6.45) is -1.71. The third-order valence-electron chi connectivity index (χ3n) is 3.11. The summed E-state index contributed by atoms with van der Waals surface area (Å²) in [6, 6.07) is 5.37. The van der Waals surface area contributed by atoms with Crippen molar-refractivity contribution in [3.05, 3.63) is 47.9 Å². The van der Waals surface area contributed by atoms with Crippen molar-refractivity contribution in [1.82, 2.24) is 19.7 Å². The Labute approximate surface area is 117 Å². The number of aromatic nitrogens is 4. The lowest BCUT2D eigenvalue weighted by molar-refractivity contribution is -0.138. The van der Waals surface area contributed by atoms with Gasteiger partial charge in [0.2, 0.25) is 0 Å². The van der Waals surface area contributed by atoms with E-state index in [4.69, 9.17) is 5.73 Å². The molecule has 3 aromatic rings. The maximum absolute atomic E-state index is 13.0. The highest BCUT2D eigenvalue weighted by atomic mass is 19.4. The Morgan fingerprint density at radius 1 is 1.14 bits per heavy atom. The number of nitrogen functional groups attached to an aromatic ring is 1. The Kier molecular flexibility index (Phi) is 3.00. The van der Waals surface area contributed by atoms with E-state index in [1.54, 1.807) is 6.07 Å². The molecule has 0 saturated carbocycles. The molecule has 8 heteroatoms. The molecule has 21 heavy (non-hydrogen) atoms. The smallest absolute Gasteiger partial charge is 0.383 e. The average molecular weight is 293 g/mol. The van der Waals surface area contributed by atoms with E-state index >= 15 is 0 Å². The molecule has 0 amide bonds. The summed E-state index contributed by atoms with van der Waals surface area (Å²) in [7, 11) is 0. The largest absolute Gasteiger partial charge is 0.416 e. The number of fused-ring (bicyclic) bond motifs is 1. The zero-order valence-corrected chi connectivity index (χ0v) is 10.7. The van der Waals surface area contributed by atoms with Gasteiger partial charge in [-0.2, -0.15) is 18.3 Å². The number of anilines is 1. The molecule has 0 aliphatic carbocycles. The fourth-order valence-electron chi connectivity index (χ4n) is 2.12.